The van der Waals surface area contributed by atoms with Crippen molar-refractivity contribution in [1.29, 1.82) is 0 Å². The largest absolute Gasteiger partial charge is 0.361 e. The number of rotatable bonds is 7. The highest BCUT2D eigenvalue weighted by molar-refractivity contribution is 6.31. The van der Waals surface area contributed by atoms with Crippen molar-refractivity contribution in [1.82, 2.24) is 10.3 Å². The standard InChI is InChI=1S/C24H20ClN3O3/c25-22-7-3-1-5-18(22)20(21-14-26-23-8-4-2-6-19(21)23)15-27-24(29)13-16-9-11-17(12-10-16)28(30)31/h1-12,14,20,26H,13,15H2,(H,27,29)/t20-/m1/s1. The fourth-order valence-electron chi connectivity index (χ4n) is 3.73. The van der Waals surface area contributed by atoms with E-state index in [1.54, 1.807) is 12.1 Å². The van der Waals surface area contributed by atoms with E-state index in [0.29, 0.717) is 17.1 Å². The smallest absolute Gasteiger partial charge is 0.269 e. The predicted octanol–water partition coefficient (Wildman–Crippen LogP) is 5.22. The van der Waals surface area contributed by atoms with Gasteiger partial charge in [-0.15, -0.1) is 0 Å². The first-order valence-corrected chi connectivity index (χ1v) is 10.2. The second kappa shape index (κ2) is 9.02. The van der Waals surface area contributed by atoms with Crippen LogP contribution in [0.3, 0.4) is 0 Å². The van der Waals surface area contributed by atoms with Crippen molar-refractivity contribution in [2.75, 3.05) is 6.54 Å². The summed E-state index contributed by atoms with van der Waals surface area (Å²) in [4.78, 5) is 26.2. The van der Waals surface area contributed by atoms with Gasteiger partial charge < -0.3 is 10.3 Å². The van der Waals surface area contributed by atoms with Crippen molar-refractivity contribution < 1.29 is 9.72 Å². The number of para-hydroxylation sites is 1. The highest BCUT2D eigenvalue weighted by Gasteiger charge is 2.21. The second-order valence-corrected chi connectivity index (χ2v) is 7.68. The van der Waals surface area contributed by atoms with Crippen LogP contribution in [-0.4, -0.2) is 22.4 Å². The van der Waals surface area contributed by atoms with Gasteiger partial charge in [-0.1, -0.05) is 60.1 Å². The number of benzene rings is 3. The van der Waals surface area contributed by atoms with Gasteiger partial charge in [0.2, 0.25) is 5.91 Å². The van der Waals surface area contributed by atoms with E-state index in [9.17, 15) is 14.9 Å². The molecule has 0 spiro atoms. The maximum atomic E-state index is 12.6. The highest BCUT2D eigenvalue weighted by atomic mass is 35.5. The van der Waals surface area contributed by atoms with Crippen LogP contribution in [0.15, 0.2) is 79.0 Å². The topological polar surface area (TPSA) is 88.0 Å². The van der Waals surface area contributed by atoms with E-state index in [-0.39, 0.29) is 23.9 Å². The molecule has 0 aliphatic rings. The van der Waals surface area contributed by atoms with E-state index >= 15 is 0 Å². The zero-order valence-corrected chi connectivity index (χ0v) is 17.3. The molecule has 3 aromatic carbocycles. The molecule has 4 rings (SSSR count). The summed E-state index contributed by atoms with van der Waals surface area (Å²) in [5, 5.41) is 15.5. The quantitative estimate of drug-likeness (QED) is 0.309. The Hall–Kier alpha value is -3.64. The van der Waals surface area contributed by atoms with Gasteiger partial charge in [0.15, 0.2) is 0 Å². The van der Waals surface area contributed by atoms with E-state index < -0.39 is 4.92 Å². The molecule has 0 bridgehead atoms. The van der Waals surface area contributed by atoms with Crippen LogP contribution in [0.5, 0.6) is 0 Å². The van der Waals surface area contributed by atoms with E-state index in [1.165, 1.54) is 12.1 Å². The third kappa shape index (κ3) is 4.59. The first-order valence-electron chi connectivity index (χ1n) is 9.83. The summed E-state index contributed by atoms with van der Waals surface area (Å²) in [6.45, 7) is 0.372. The summed E-state index contributed by atoms with van der Waals surface area (Å²) >= 11 is 6.49. The second-order valence-electron chi connectivity index (χ2n) is 7.27. The first-order chi connectivity index (χ1) is 15.0. The number of nitrogens with zero attached hydrogens (tertiary/aromatic N) is 1. The van der Waals surface area contributed by atoms with Crippen molar-refractivity contribution >= 4 is 34.1 Å². The fraction of sp³-hybridized carbons (Fsp3) is 0.125. The van der Waals surface area contributed by atoms with Crippen molar-refractivity contribution in [3.63, 3.8) is 0 Å². The maximum absolute atomic E-state index is 12.6. The maximum Gasteiger partial charge on any atom is 0.269 e. The van der Waals surface area contributed by atoms with Gasteiger partial charge in [0.25, 0.3) is 5.69 Å². The number of carbonyl (C=O) groups is 1. The predicted molar refractivity (Wildman–Crippen MR) is 121 cm³/mol. The Morgan fingerprint density at radius 1 is 1.00 bits per heavy atom. The summed E-state index contributed by atoms with van der Waals surface area (Å²) in [5.74, 6) is -0.295. The summed E-state index contributed by atoms with van der Waals surface area (Å²) < 4.78 is 0. The van der Waals surface area contributed by atoms with Crippen LogP contribution in [-0.2, 0) is 11.2 Å². The minimum Gasteiger partial charge on any atom is -0.361 e. The molecule has 2 N–H and O–H groups in total. The molecule has 1 aromatic heterocycles. The van der Waals surface area contributed by atoms with Gasteiger partial charge in [0.1, 0.15) is 0 Å². The molecule has 0 unspecified atom stereocenters. The van der Waals surface area contributed by atoms with Crippen LogP contribution in [0.1, 0.15) is 22.6 Å². The van der Waals surface area contributed by atoms with Crippen LogP contribution >= 0.6 is 11.6 Å². The number of nitro groups is 1. The molecule has 1 atom stereocenters. The zero-order chi connectivity index (χ0) is 21.8. The molecule has 4 aromatic rings. The molecule has 0 radical (unpaired) electrons. The molecule has 0 aliphatic carbocycles. The van der Waals surface area contributed by atoms with Crippen LogP contribution in [0, 0.1) is 10.1 Å². The minimum absolute atomic E-state index is 0.00211. The number of aromatic nitrogens is 1. The van der Waals surface area contributed by atoms with Gasteiger partial charge in [-0.25, -0.2) is 0 Å². The Morgan fingerprint density at radius 3 is 2.45 bits per heavy atom. The molecule has 31 heavy (non-hydrogen) atoms. The Bertz CT molecular complexity index is 1230. The third-order valence-electron chi connectivity index (χ3n) is 5.29. The first kappa shape index (κ1) is 20.6. The van der Waals surface area contributed by atoms with Crippen LogP contribution in [0.4, 0.5) is 5.69 Å². The number of non-ortho nitro benzene ring substituents is 1. The number of hydrogen-bond acceptors (Lipinski definition) is 3. The molecule has 156 valence electrons. The molecule has 1 amide bonds. The van der Waals surface area contributed by atoms with E-state index in [4.69, 9.17) is 11.6 Å². The normalized spacial score (nSPS) is 11.9. The SMILES string of the molecule is O=C(Cc1ccc([N+](=O)[O-])cc1)NC[C@H](c1ccccc1Cl)c1c[nH]c2ccccc12. The van der Waals surface area contributed by atoms with Gasteiger partial charge >= 0.3 is 0 Å². The molecule has 0 fully saturated rings. The molecular weight excluding hydrogens is 414 g/mol. The Morgan fingerprint density at radius 2 is 1.71 bits per heavy atom. The number of nitrogens with one attached hydrogen (secondary N) is 2. The number of nitro benzene ring substituents is 1. The van der Waals surface area contributed by atoms with E-state index in [0.717, 1.165) is 22.0 Å². The van der Waals surface area contributed by atoms with Crippen LogP contribution in [0.25, 0.3) is 10.9 Å². The Labute approximate surface area is 184 Å². The van der Waals surface area contributed by atoms with Gasteiger partial charge in [0, 0.05) is 46.7 Å². The Kier molecular flexibility index (Phi) is 6.00. The van der Waals surface area contributed by atoms with Gasteiger partial charge in [-0.3, -0.25) is 14.9 Å². The lowest BCUT2D eigenvalue weighted by atomic mass is 9.90. The highest BCUT2D eigenvalue weighted by Crippen LogP contribution is 2.34. The molecular formula is C24H20ClN3O3. The summed E-state index contributed by atoms with van der Waals surface area (Å²) in [6, 6.07) is 21.6. The van der Waals surface area contributed by atoms with Crippen LogP contribution in [0.2, 0.25) is 5.02 Å². The monoisotopic (exact) mass is 433 g/mol. The summed E-state index contributed by atoms with van der Waals surface area (Å²) in [7, 11) is 0. The fourth-order valence-corrected chi connectivity index (χ4v) is 3.99. The number of carbonyl (C=O) groups excluding carboxylic acids is 1. The lowest BCUT2D eigenvalue weighted by molar-refractivity contribution is -0.384. The number of halogens is 1. The Balaban J connectivity index is 1.55. The van der Waals surface area contributed by atoms with Crippen molar-refractivity contribution in [2.45, 2.75) is 12.3 Å². The summed E-state index contributed by atoms with van der Waals surface area (Å²) in [5.41, 5.74) is 3.72. The van der Waals surface area contributed by atoms with Gasteiger partial charge in [-0.05, 0) is 28.8 Å². The van der Waals surface area contributed by atoms with Gasteiger partial charge in [0.05, 0.1) is 11.3 Å². The zero-order valence-electron chi connectivity index (χ0n) is 16.5. The number of amides is 1. The minimum atomic E-state index is -0.459. The molecule has 0 aliphatic heterocycles. The van der Waals surface area contributed by atoms with Crippen molar-refractivity contribution in [2.24, 2.45) is 0 Å². The van der Waals surface area contributed by atoms with Crippen LogP contribution < -0.4 is 5.32 Å². The summed E-state index contributed by atoms with van der Waals surface area (Å²) in [6.07, 6.45) is 2.10. The molecule has 1 heterocycles. The molecule has 0 saturated carbocycles. The van der Waals surface area contributed by atoms with E-state index in [1.807, 2.05) is 54.7 Å². The molecule has 7 heteroatoms. The number of aromatic amines is 1. The lowest BCUT2D eigenvalue weighted by Crippen LogP contribution is -2.30. The molecule has 0 saturated heterocycles. The van der Waals surface area contributed by atoms with Crippen molar-refractivity contribution in [3.05, 3.63) is 111 Å². The van der Waals surface area contributed by atoms with Gasteiger partial charge in [-0.2, -0.15) is 0 Å². The number of hydrogen-bond donors (Lipinski definition) is 2. The number of H-pyrrole nitrogens is 1. The van der Waals surface area contributed by atoms with E-state index in [2.05, 4.69) is 10.3 Å². The molecule has 6 nitrogen and oxygen atoms in total. The average molecular weight is 434 g/mol. The van der Waals surface area contributed by atoms with Crippen molar-refractivity contribution in [3.8, 4) is 0 Å². The third-order valence-corrected chi connectivity index (χ3v) is 5.64. The number of fused-ring (bicyclic) bond motifs is 1. The lowest BCUT2D eigenvalue weighted by Gasteiger charge is -2.19. The average Bonchev–Trinajstić information content (AvgIpc) is 3.19.